The van der Waals surface area contributed by atoms with Crippen molar-refractivity contribution < 1.29 is 5.11 Å². The van der Waals surface area contributed by atoms with Crippen LogP contribution in [-0.4, -0.2) is 34.8 Å². The lowest BCUT2D eigenvalue weighted by atomic mass is 10.2. The number of nitrogens with zero attached hydrogens (tertiary/aromatic N) is 2. The molecule has 1 rings (SSSR count). The molecule has 0 bridgehead atoms. The Kier molecular flexibility index (Phi) is 7.10. The van der Waals surface area contributed by atoms with E-state index in [9.17, 15) is 0 Å². The monoisotopic (exact) mass is 252 g/mol. The Hall–Kier alpha value is -1.36. The van der Waals surface area contributed by atoms with Crippen LogP contribution in [0.3, 0.4) is 0 Å². The van der Waals surface area contributed by atoms with Crippen LogP contribution in [0.2, 0.25) is 0 Å². The lowest BCUT2D eigenvalue weighted by Gasteiger charge is -2.13. The lowest BCUT2D eigenvalue weighted by Crippen LogP contribution is -2.10. The summed E-state index contributed by atoms with van der Waals surface area (Å²) in [7, 11) is 0. The molecule has 18 heavy (non-hydrogen) atoms. The van der Waals surface area contributed by atoms with Gasteiger partial charge in [0.15, 0.2) is 0 Å². The Morgan fingerprint density at radius 3 is 2.39 bits per heavy atom. The topological polar surface area (TPSA) is 70.1 Å². The predicted octanol–water partition coefficient (Wildman–Crippen LogP) is 2.05. The molecule has 1 aromatic rings. The molecule has 0 fully saturated rings. The first-order valence-corrected chi connectivity index (χ1v) is 6.75. The number of aromatic nitrogens is 2. The molecule has 0 saturated heterocycles. The van der Waals surface area contributed by atoms with Crippen LogP contribution >= 0.6 is 0 Å². The summed E-state index contributed by atoms with van der Waals surface area (Å²) in [6, 6.07) is 0. The van der Waals surface area contributed by atoms with E-state index in [1.165, 1.54) is 0 Å². The van der Waals surface area contributed by atoms with Crippen molar-refractivity contribution in [3.63, 3.8) is 0 Å². The minimum absolute atomic E-state index is 0.276. The number of hydrogen-bond acceptors (Lipinski definition) is 5. The van der Waals surface area contributed by atoms with Gasteiger partial charge in [-0.05, 0) is 32.6 Å². The molecular formula is C13H24N4O. The number of hydrogen-bond donors (Lipinski definition) is 3. The van der Waals surface area contributed by atoms with Crippen LogP contribution in [0.25, 0.3) is 0 Å². The standard InChI is InChI=1S/C13H24N4O/c1-3-11-12(14-4-2)16-10-17-13(11)15-8-6-5-7-9-18/h10,18H,3-9H2,1-2H3,(H2,14,15,16,17). The van der Waals surface area contributed by atoms with Gasteiger partial charge in [0.25, 0.3) is 0 Å². The Bertz CT molecular complexity index is 344. The largest absolute Gasteiger partial charge is 0.396 e. The molecule has 5 heteroatoms. The van der Waals surface area contributed by atoms with E-state index in [0.717, 1.165) is 56.0 Å². The molecule has 102 valence electrons. The summed E-state index contributed by atoms with van der Waals surface area (Å²) in [6.07, 6.45) is 5.45. The van der Waals surface area contributed by atoms with Crippen LogP contribution in [0.1, 0.15) is 38.7 Å². The van der Waals surface area contributed by atoms with Gasteiger partial charge in [0.2, 0.25) is 0 Å². The Morgan fingerprint density at radius 1 is 1.06 bits per heavy atom. The summed E-state index contributed by atoms with van der Waals surface area (Å²) in [4.78, 5) is 8.56. The van der Waals surface area contributed by atoms with Gasteiger partial charge in [0.05, 0.1) is 0 Å². The number of nitrogens with one attached hydrogen (secondary N) is 2. The third-order valence-electron chi connectivity index (χ3n) is 2.77. The molecule has 0 atom stereocenters. The molecule has 3 N–H and O–H groups in total. The summed E-state index contributed by atoms with van der Waals surface area (Å²) in [5, 5.41) is 15.3. The molecule has 0 aromatic carbocycles. The molecular weight excluding hydrogens is 228 g/mol. The van der Waals surface area contributed by atoms with E-state index in [2.05, 4.69) is 34.4 Å². The fourth-order valence-corrected chi connectivity index (χ4v) is 1.84. The normalized spacial score (nSPS) is 10.4. The van der Waals surface area contributed by atoms with E-state index in [0.29, 0.717) is 0 Å². The quantitative estimate of drug-likeness (QED) is 0.587. The Balaban J connectivity index is 2.55. The van der Waals surface area contributed by atoms with Gasteiger partial charge in [-0.3, -0.25) is 0 Å². The summed E-state index contributed by atoms with van der Waals surface area (Å²) >= 11 is 0. The first kappa shape index (κ1) is 14.7. The zero-order chi connectivity index (χ0) is 13.2. The van der Waals surface area contributed by atoms with Crippen molar-refractivity contribution in [3.05, 3.63) is 11.9 Å². The third-order valence-corrected chi connectivity index (χ3v) is 2.77. The summed E-state index contributed by atoms with van der Waals surface area (Å²) < 4.78 is 0. The number of anilines is 2. The Labute approximate surface area is 109 Å². The van der Waals surface area contributed by atoms with Crippen LogP contribution in [0.5, 0.6) is 0 Å². The highest BCUT2D eigenvalue weighted by Gasteiger charge is 2.08. The van der Waals surface area contributed by atoms with Crippen molar-refractivity contribution in [1.82, 2.24) is 9.97 Å². The first-order chi connectivity index (χ1) is 8.83. The van der Waals surface area contributed by atoms with E-state index < -0.39 is 0 Å². The summed E-state index contributed by atoms with van der Waals surface area (Å²) in [6.45, 7) is 6.19. The smallest absolute Gasteiger partial charge is 0.134 e. The van der Waals surface area contributed by atoms with Gasteiger partial charge in [-0.1, -0.05) is 6.92 Å². The fraction of sp³-hybridized carbons (Fsp3) is 0.692. The number of rotatable bonds is 9. The number of unbranched alkanes of at least 4 members (excludes halogenated alkanes) is 2. The molecule has 0 radical (unpaired) electrons. The zero-order valence-corrected chi connectivity index (χ0v) is 11.4. The van der Waals surface area contributed by atoms with Crippen LogP contribution in [-0.2, 0) is 6.42 Å². The highest BCUT2D eigenvalue weighted by atomic mass is 16.2. The second kappa shape index (κ2) is 8.69. The molecule has 0 amide bonds. The van der Waals surface area contributed by atoms with Gasteiger partial charge in [-0.15, -0.1) is 0 Å². The molecule has 0 aliphatic heterocycles. The lowest BCUT2D eigenvalue weighted by molar-refractivity contribution is 0.283. The van der Waals surface area contributed by atoms with Crippen LogP contribution in [0.15, 0.2) is 6.33 Å². The van der Waals surface area contributed by atoms with E-state index in [1.54, 1.807) is 6.33 Å². The van der Waals surface area contributed by atoms with Crippen molar-refractivity contribution in [3.8, 4) is 0 Å². The minimum atomic E-state index is 0.276. The van der Waals surface area contributed by atoms with Crippen molar-refractivity contribution in [2.45, 2.75) is 39.5 Å². The number of aliphatic hydroxyl groups is 1. The predicted molar refractivity (Wildman–Crippen MR) is 75.0 cm³/mol. The molecule has 0 aliphatic rings. The molecule has 0 spiro atoms. The maximum Gasteiger partial charge on any atom is 0.134 e. The van der Waals surface area contributed by atoms with Gasteiger partial charge in [-0.25, -0.2) is 9.97 Å². The molecule has 5 nitrogen and oxygen atoms in total. The van der Waals surface area contributed by atoms with Crippen LogP contribution in [0.4, 0.5) is 11.6 Å². The van der Waals surface area contributed by atoms with Crippen molar-refractivity contribution in [1.29, 1.82) is 0 Å². The van der Waals surface area contributed by atoms with Crippen molar-refractivity contribution in [2.24, 2.45) is 0 Å². The van der Waals surface area contributed by atoms with Crippen LogP contribution in [0, 0.1) is 0 Å². The summed E-state index contributed by atoms with van der Waals surface area (Å²) in [5.74, 6) is 1.85. The van der Waals surface area contributed by atoms with Gasteiger partial charge in [0.1, 0.15) is 18.0 Å². The second-order valence-corrected chi connectivity index (χ2v) is 4.14. The average Bonchev–Trinajstić information content (AvgIpc) is 2.39. The van der Waals surface area contributed by atoms with E-state index in [4.69, 9.17) is 5.11 Å². The van der Waals surface area contributed by atoms with Gasteiger partial charge in [0, 0.05) is 25.3 Å². The second-order valence-electron chi connectivity index (χ2n) is 4.14. The Morgan fingerprint density at radius 2 is 1.78 bits per heavy atom. The van der Waals surface area contributed by atoms with E-state index >= 15 is 0 Å². The van der Waals surface area contributed by atoms with E-state index in [1.807, 2.05) is 0 Å². The maximum absolute atomic E-state index is 8.71. The first-order valence-electron chi connectivity index (χ1n) is 6.75. The minimum Gasteiger partial charge on any atom is -0.396 e. The van der Waals surface area contributed by atoms with Gasteiger partial charge in [-0.2, -0.15) is 0 Å². The SMILES string of the molecule is CCNc1ncnc(NCCCCCO)c1CC. The zero-order valence-electron chi connectivity index (χ0n) is 11.4. The summed E-state index contributed by atoms with van der Waals surface area (Å²) in [5.41, 5.74) is 1.14. The average molecular weight is 252 g/mol. The van der Waals surface area contributed by atoms with Crippen molar-refractivity contribution in [2.75, 3.05) is 30.3 Å². The van der Waals surface area contributed by atoms with Crippen LogP contribution < -0.4 is 10.6 Å². The van der Waals surface area contributed by atoms with Crippen molar-refractivity contribution >= 4 is 11.6 Å². The highest BCUT2D eigenvalue weighted by molar-refractivity contribution is 5.57. The molecule has 0 unspecified atom stereocenters. The third kappa shape index (κ3) is 4.49. The molecule has 0 aliphatic carbocycles. The number of aliphatic hydroxyl groups excluding tert-OH is 1. The highest BCUT2D eigenvalue weighted by Crippen LogP contribution is 2.20. The molecule has 0 saturated carbocycles. The fourth-order valence-electron chi connectivity index (χ4n) is 1.84. The van der Waals surface area contributed by atoms with E-state index in [-0.39, 0.29) is 6.61 Å². The maximum atomic E-state index is 8.71. The van der Waals surface area contributed by atoms with Gasteiger partial charge >= 0.3 is 0 Å². The molecule has 1 heterocycles. The van der Waals surface area contributed by atoms with Gasteiger partial charge < -0.3 is 15.7 Å². The molecule has 1 aromatic heterocycles.